The first kappa shape index (κ1) is 36.0. The number of amides is 1. The Bertz CT molecular complexity index is 1920. The number of aliphatic carboxylic acids is 1. The number of hydrogen-bond donors (Lipinski definition) is 3. The molecule has 9 heteroatoms. The van der Waals surface area contributed by atoms with E-state index < -0.39 is 22.0 Å². The van der Waals surface area contributed by atoms with E-state index in [9.17, 15) is 28.2 Å². The Kier molecular flexibility index (Phi) is 9.76. The standard InChI is InChI=1S/C42H54N2O6S/c1-27(35-16-17-36-34-15-14-29-24-31(45)19-21-41(29,2)37(34)20-22-42(35,36)3)13-18-39(46)43-30(25-40(47)48)23-28-26-44(38-12-8-7-11-33(28)38)51(49,50)32-9-5-4-6-10-32/h4-12,14,26-27,30-31,34-37,45H,13,15-25H2,1-3H3,(H,43,46)(H,47,48)/t27-,30+,31+,34?,35-,36?,37?,41+,42-/m1/s1. The second-order valence-electron chi connectivity index (χ2n) is 16.8. The number of aliphatic hydroxyl groups excluding tert-OH is 1. The van der Waals surface area contributed by atoms with Crippen molar-refractivity contribution in [3.05, 3.63) is 78.0 Å². The number of aromatic nitrogens is 1. The zero-order valence-electron chi connectivity index (χ0n) is 30.3. The molecular formula is C42H54N2O6S. The summed E-state index contributed by atoms with van der Waals surface area (Å²) >= 11 is 0. The van der Waals surface area contributed by atoms with Gasteiger partial charge in [0.25, 0.3) is 10.0 Å². The number of carboxylic acids is 1. The lowest BCUT2D eigenvalue weighted by Crippen LogP contribution is -2.50. The van der Waals surface area contributed by atoms with E-state index in [1.165, 1.54) is 35.2 Å². The number of para-hydroxylation sites is 1. The molecule has 51 heavy (non-hydrogen) atoms. The summed E-state index contributed by atoms with van der Waals surface area (Å²) in [6, 6.07) is 14.8. The highest BCUT2D eigenvalue weighted by molar-refractivity contribution is 7.90. The summed E-state index contributed by atoms with van der Waals surface area (Å²) in [5.74, 6) is 1.82. The lowest BCUT2D eigenvalue weighted by molar-refractivity contribution is -0.137. The lowest BCUT2D eigenvalue weighted by Gasteiger charge is -2.58. The number of hydrogen-bond acceptors (Lipinski definition) is 5. The van der Waals surface area contributed by atoms with Crippen molar-refractivity contribution in [2.45, 2.75) is 115 Å². The SMILES string of the molecule is C[C@H](CCC(=O)N[C@H](CC(=O)O)Cc1cn(S(=O)(=O)c2ccccc2)c2ccccc12)[C@H]1CCC2C3CC=C4C[C@@H](O)CC[C@]4(C)C3CC[C@@]21C. The van der Waals surface area contributed by atoms with Gasteiger partial charge in [-0.3, -0.25) is 9.59 Å². The first-order chi connectivity index (χ1) is 24.3. The normalized spacial score (nSPS) is 31.5. The Morgan fingerprint density at radius 1 is 0.980 bits per heavy atom. The third kappa shape index (κ3) is 6.58. The number of allylic oxidation sites excluding steroid dienone is 1. The number of carbonyl (C=O) groups excluding carboxylic acids is 1. The van der Waals surface area contributed by atoms with Gasteiger partial charge in [0.1, 0.15) is 0 Å². The molecule has 0 bridgehead atoms. The fourth-order valence-electron chi connectivity index (χ4n) is 11.4. The van der Waals surface area contributed by atoms with Crippen LogP contribution in [0.1, 0.15) is 97.0 Å². The maximum absolute atomic E-state index is 13.6. The van der Waals surface area contributed by atoms with Gasteiger partial charge >= 0.3 is 5.97 Å². The average molecular weight is 715 g/mol. The van der Waals surface area contributed by atoms with E-state index in [-0.39, 0.29) is 40.6 Å². The van der Waals surface area contributed by atoms with Gasteiger partial charge in [-0.1, -0.05) is 68.8 Å². The summed E-state index contributed by atoms with van der Waals surface area (Å²) in [6.45, 7) is 7.29. The molecule has 3 saturated carbocycles. The van der Waals surface area contributed by atoms with E-state index in [2.05, 4.69) is 32.2 Å². The Balaban J connectivity index is 1.01. The van der Waals surface area contributed by atoms with Crippen LogP contribution in [0.15, 0.2) is 77.3 Å². The van der Waals surface area contributed by atoms with E-state index in [4.69, 9.17) is 0 Å². The number of rotatable bonds is 11. The highest BCUT2D eigenvalue weighted by Gasteiger charge is 2.59. The van der Waals surface area contributed by atoms with Crippen LogP contribution in [0, 0.1) is 40.4 Å². The highest BCUT2D eigenvalue weighted by Crippen LogP contribution is 2.67. The number of aliphatic hydroxyl groups is 1. The van der Waals surface area contributed by atoms with Crippen molar-refractivity contribution in [3.8, 4) is 0 Å². The van der Waals surface area contributed by atoms with Crippen LogP contribution in [0.4, 0.5) is 0 Å². The third-order valence-electron chi connectivity index (χ3n) is 14.0. The smallest absolute Gasteiger partial charge is 0.305 e. The van der Waals surface area contributed by atoms with Gasteiger partial charge < -0.3 is 15.5 Å². The molecule has 8 nitrogen and oxygen atoms in total. The summed E-state index contributed by atoms with van der Waals surface area (Å²) in [6.07, 6.45) is 13.8. The highest BCUT2D eigenvalue weighted by atomic mass is 32.2. The van der Waals surface area contributed by atoms with Gasteiger partial charge in [0.2, 0.25) is 5.91 Å². The van der Waals surface area contributed by atoms with Crippen molar-refractivity contribution in [2.75, 3.05) is 0 Å². The first-order valence-corrected chi connectivity index (χ1v) is 20.5. The van der Waals surface area contributed by atoms with E-state index in [0.717, 1.165) is 32.1 Å². The number of benzene rings is 2. The molecule has 4 aliphatic carbocycles. The average Bonchev–Trinajstić information content (AvgIpc) is 3.66. The van der Waals surface area contributed by atoms with Crippen molar-refractivity contribution in [2.24, 2.45) is 40.4 Å². The summed E-state index contributed by atoms with van der Waals surface area (Å²) in [5.41, 5.74) is 3.17. The van der Waals surface area contributed by atoms with Crippen molar-refractivity contribution in [1.82, 2.24) is 9.29 Å². The fraction of sp³-hybridized carbons (Fsp3) is 0.571. The van der Waals surface area contributed by atoms with Crippen LogP contribution < -0.4 is 5.32 Å². The van der Waals surface area contributed by atoms with E-state index >= 15 is 0 Å². The van der Waals surface area contributed by atoms with Crippen LogP contribution in [-0.2, 0) is 26.0 Å². The summed E-state index contributed by atoms with van der Waals surface area (Å²) in [7, 11) is -3.88. The number of nitrogens with zero attached hydrogens (tertiary/aromatic N) is 1. The van der Waals surface area contributed by atoms with E-state index in [1.807, 2.05) is 12.1 Å². The van der Waals surface area contributed by atoms with Gasteiger partial charge in [-0.05, 0) is 128 Å². The quantitative estimate of drug-likeness (QED) is 0.175. The van der Waals surface area contributed by atoms with Crippen LogP contribution in [0.2, 0.25) is 0 Å². The van der Waals surface area contributed by atoms with Gasteiger partial charge in [-0.25, -0.2) is 12.4 Å². The molecule has 2 aromatic carbocycles. The summed E-state index contributed by atoms with van der Waals surface area (Å²) < 4.78 is 28.5. The third-order valence-corrected chi connectivity index (χ3v) is 15.7. The molecule has 1 amide bonds. The molecule has 274 valence electrons. The minimum Gasteiger partial charge on any atom is -0.481 e. The number of fused-ring (bicyclic) bond motifs is 6. The molecule has 1 heterocycles. The minimum absolute atomic E-state index is 0.158. The molecule has 3 N–H and O–H groups in total. The van der Waals surface area contributed by atoms with Crippen LogP contribution in [-0.4, -0.2) is 46.6 Å². The zero-order valence-corrected chi connectivity index (χ0v) is 31.1. The Morgan fingerprint density at radius 3 is 2.49 bits per heavy atom. The largest absolute Gasteiger partial charge is 0.481 e. The Labute approximate surface area is 302 Å². The van der Waals surface area contributed by atoms with Crippen LogP contribution >= 0.6 is 0 Å². The topological polar surface area (TPSA) is 126 Å². The van der Waals surface area contributed by atoms with Crippen molar-refractivity contribution >= 4 is 32.8 Å². The van der Waals surface area contributed by atoms with Crippen LogP contribution in [0.25, 0.3) is 10.9 Å². The molecule has 0 aliphatic heterocycles. The second-order valence-corrected chi connectivity index (χ2v) is 18.6. The van der Waals surface area contributed by atoms with E-state index in [1.54, 1.807) is 48.7 Å². The molecule has 9 atom stereocenters. The molecule has 1 aromatic heterocycles. The second kappa shape index (κ2) is 13.8. The predicted octanol–water partition coefficient (Wildman–Crippen LogP) is 7.74. The van der Waals surface area contributed by atoms with E-state index in [0.29, 0.717) is 52.5 Å². The summed E-state index contributed by atoms with van der Waals surface area (Å²) in [4.78, 5) is 25.6. The minimum atomic E-state index is -3.88. The molecule has 0 radical (unpaired) electrons. The molecule has 3 fully saturated rings. The lowest BCUT2D eigenvalue weighted by atomic mass is 9.47. The number of carbonyl (C=O) groups is 2. The molecule has 4 aliphatic rings. The molecule has 7 rings (SSSR count). The van der Waals surface area contributed by atoms with Crippen molar-refractivity contribution in [1.29, 1.82) is 0 Å². The maximum Gasteiger partial charge on any atom is 0.305 e. The predicted molar refractivity (Wildman–Crippen MR) is 198 cm³/mol. The molecule has 3 unspecified atom stereocenters. The zero-order chi connectivity index (χ0) is 36.1. The van der Waals surface area contributed by atoms with Gasteiger partial charge in [-0.15, -0.1) is 0 Å². The van der Waals surface area contributed by atoms with Gasteiger partial charge in [0.05, 0.1) is 22.9 Å². The monoisotopic (exact) mass is 714 g/mol. The molecule has 3 aromatic rings. The van der Waals surface area contributed by atoms with Crippen molar-refractivity contribution < 1.29 is 28.2 Å². The Hall–Kier alpha value is -3.43. The fourth-order valence-corrected chi connectivity index (χ4v) is 12.8. The summed E-state index contributed by atoms with van der Waals surface area (Å²) in [5, 5.41) is 23.9. The molecule has 0 saturated heterocycles. The van der Waals surface area contributed by atoms with Gasteiger partial charge in [-0.2, -0.15) is 0 Å². The van der Waals surface area contributed by atoms with Crippen molar-refractivity contribution in [3.63, 3.8) is 0 Å². The molecule has 0 spiro atoms. The number of carboxylic acid groups (broad SMARTS) is 1. The maximum atomic E-state index is 13.6. The molecular weight excluding hydrogens is 661 g/mol. The van der Waals surface area contributed by atoms with Crippen LogP contribution in [0.5, 0.6) is 0 Å². The van der Waals surface area contributed by atoms with Crippen LogP contribution in [0.3, 0.4) is 0 Å². The first-order valence-electron chi connectivity index (χ1n) is 19.1. The van der Waals surface area contributed by atoms with Gasteiger partial charge in [0, 0.05) is 24.0 Å². The Morgan fingerprint density at radius 2 is 1.73 bits per heavy atom. The number of nitrogens with one attached hydrogen (secondary N) is 1. The van der Waals surface area contributed by atoms with Gasteiger partial charge in [0.15, 0.2) is 0 Å².